The third-order valence-electron chi connectivity index (χ3n) is 3.60. The van der Waals surface area contributed by atoms with Crippen LogP contribution in [-0.2, 0) is 5.54 Å². The first-order valence-electron chi connectivity index (χ1n) is 6.02. The summed E-state index contributed by atoms with van der Waals surface area (Å²) in [6.07, 6.45) is 6.60. The Morgan fingerprint density at radius 1 is 1.00 bits per heavy atom. The van der Waals surface area contributed by atoms with E-state index in [0.717, 1.165) is 31.2 Å². The first-order chi connectivity index (χ1) is 8.18. The van der Waals surface area contributed by atoms with Gasteiger partial charge in [-0.1, -0.05) is 36.0 Å². The van der Waals surface area contributed by atoms with E-state index in [1.165, 1.54) is 12.8 Å². The summed E-state index contributed by atoms with van der Waals surface area (Å²) in [6.45, 7) is 7.55. The molecule has 0 amide bonds. The van der Waals surface area contributed by atoms with E-state index in [1.54, 1.807) is 6.07 Å². The molecule has 0 aromatic heterocycles. The topological polar surface area (TPSA) is 4.36 Å². The summed E-state index contributed by atoms with van der Waals surface area (Å²) in [6, 6.07) is 5.63. The Labute approximate surface area is 113 Å². The zero-order valence-electron chi connectivity index (χ0n) is 9.68. The number of nitrogens with zero attached hydrogens (tertiary/aromatic N) is 1. The predicted octanol–water partition coefficient (Wildman–Crippen LogP) is 5.46. The van der Waals surface area contributed by atoms with Gasteiger partial charge < -0.3 is 4.85 Å². The molecule has 1 nitrogen and oxygen atoms in total. The number of hydrogen-bond acceptors (Lipinski definition) is 0. The molecule has 0 bridgehead atoms. The Morgan fingerprint density at radius 2 is 1.65 bits per heavy atom. The molecule has 1 aliphatic carbocycles. The average Bonchev–Trinajstić information content (AvgIpc) is 2.59. The van der Waals surface area contributed by atoms with E-state index >= 15 is 0 Å². The molecule has 1 saturated carbocycles. The van der Waals surface area contributed by atoms with Crippen LogP contribution in [0.5, 0.6) is 0 Å². The maximum Gasteiger partial charge on any atom is 0.257 e. The molecule has 0 aliphatic heterocycles. The first-order valence-corrected chi connectivity index (χ1v) is 6.78. The Kier molecular flexibility index (Phi) is 3.97. The number of benzene rings is 1. The number of halogens is 2. The summed E-state index contributed by atoms with van der Waals surface area (Å²) < 4.78 is 0. The first kappa shape index (κ1) is 12.7. The lowest BCUT2D eigenvalue weighted by Gasteiger charge is -2.20. The third-order valence-corrected chi connectivity index (χ3v) is 4.34. The maximum absolute atomic E-state index is 7.55. The van der Waals surface area contributed by atoms with Crippen molar-refractivity contribution in [2.45, 2.75) is 44.1 Å². The second-order valence-electron chi connectivity index (χ2n) is 4.69. The van der Waals surface area contributed by atoms with Gasteiger partial charge in [-0.15, -0.1) is 0 Å². The average molecular weight is 268 g/mol. The fourth-order valence-electron chi connectivity index (χ4n) is 2.56. The second-order valence-corrected chi connectivity index (χ2v) is 5.50. The normalized spacial score (nSPS) is 19.4. The lowest BCUT2D eigenvalue weighted by molar-refractivity contribution is 0.458. The maximum atomic E-state index is 7.55. The number of rotatable bonds is 1. The fraction of sp³-hybridized carbons (Fsp3) is 0.500. The van der Waals surface area contributed by atoms with Crippen LogP contribution < -0.4 is 0 Å². The molecule has 0 atom stereocenters. The molecule has 0 N–H and O–H groups in total. The van der Waals surface area contributed by atoms with Gasteiger partial charge in [-0.05, 0) is 31.0 Å². The molecule has 17 heavy (non-hydrogen) atoms. The van der Waals surface area contributed by atoms with Crippen LogP contribution in [-0.4, -0.2) is 0 Å². The Balaban J connectivity index is 2.39. The zero-order chi connectivity index (χ0) is 12.3. The molecule has 90 valence electrons. The van der Waals surface area contributed by atoms with Gasteiger partial charge in [0.25, 0.3) is 5.54 Å². The van der Waals surface area contributed by atoms with Crippen molar-refractivity contribution in [1.29, 1.82) is 0 Å². The summed E-state index contributed by atoms with van der Waals surface area (Å²) in [5, 5.41) is 1.11. The lowest BCUT2D eigenvalue weighted by atomic mass is 9.84. The van der Waals surface area contributed by atoms with Crippen LogP contribution in [0.25, 0.3) is 4.85 Å². The van der Waals surface area contributed by atoms with Crippen molar-refractivity contribution in [1.82, 2.24) is 0 Å². The van der Waals surface area contributed by atoms with Crippen molar-refractivity contribution < 1.29 is 0 Å². The highest BCUT2D eigenvalue weighted by Gasteiger charge is 2.39. The van der Waals surface area contributed by atoms with Crippen LogP contribution in [0, 0.1) is 6.57 Å². The van der Waals surface area contributed by atoms with Gasteiger partial charge in [-0.3, -0.25) is 0 Å². The van der Waals surface area contributed by atoms with Gasteiger partial charge in [0.2, 0.25) is 0 Å². The highest BCUT2D eigenvalue weighted by molar-refractivity contribution is 6.42. The lowest BCUT2D eigenvalue weighted by Crippen LogP contribution is -2.20. The molecule has 2 rings (SSSR count). The van der Waals surface area contributed by atoms with Crippen LogP contribution in [0.15, 0.2) is 18.2 Å². The van der Waals surface area contributed by atoms with Crippen LogP contribution in [0.3, 0.4) is 0 Å². The molecule has 0 spiro atoms. The van der Waals surface area contributed by atoms with E-state index < -0.39 is 0 Å². The Bertz CT molecular complexity index is 440. The van der Waals surface area contributed by atoms with E-state index in [0.29, 0.717) is 10.0 Å². The van der Waals surface area contributed by atoms with Crippen molar-refractivity contribution in [3.05, 3.63) is 45.2 Å². The molecule has 1 fully saturated rings. The monoisotopic (exact) mass is 267 g/mol. The molecule has 1 aliphatic rings. The van der Waals surface area contributed by atoms with E-state index in [-0.39, 0.29) is 5.54 Å². The summed E-state index contributed by atoms with van der Waals surface area (Å²) in [5.41, 5.74) is 0.661. The molecule has 1 aromatic carbocycles. The van der Waals surface area contributed by atoms with Gasteiger partial charge in [0.15, 0.2) is 0 Å². The second kappa shape index (κ2) is 5.29. The van der Waals surface area contributed by atoms with E-state index in [4.69, 9.17) is 29.8 Å². The molecular formula is C14H15Cl2N. The summed E-state index contributed by atoms with van der Waals surface area (Å²) in [7, 11) is 0. The van der Waals surface area contributed by atoms with Crippen molar-refractivity contribution >= 4 is 23.2 Å². The highest BCUT2D eigenvalue weighted by atomic mass is 35.5. The summed E-state index contributed by atoms with van der Waals surface area (Å²) >= 11 is 12.0. The summed E-state index contributed by atoms with van der Waals surface area (Å²) in [4.78, 5) is 3.93. The van der Waals surface area contributed by atoms with Crippen LogP contribution in [0.1, 0.15) is 44.1 Å². The van der Waals surface area contributed by atoms with Gasteiger partial charge in [-0.25, -0.2) is 6.57 Å². The van der Waals surface area contributed by atoms with Gasteiger partial charge >= 0.3 is 0 Å². The van der Waals surface area contributed by atoms with Crippen LogP contribution in [0.4, 0.5) is 0 Å². The Hall–Kier alpha value is -0.710. The molecular weight excluding hydrogens is 253 g/mol. The highest BCUT2D eigenvalue weighted by Crippen LogP contribution is 2.41. The molecule has 0 unspecified atom stereocenters. The Morgan fingerprint density at radius 3 is 2.18 bits per heavy atom. The van der Waals surface area contributed by atoms with Gasteiger partial charge in [-0.2, -0.15) is 0 Å². The minimum atomic E-state index is -0.370. The smallest absolute Gasteiger partial charge is 0.257 e. The van der Waals surface area contributed by atoms with Crippen LogP contribution >= 0.6 is 23.2 Å². The van der Waals surface area contributed by atoms with E-state index in [2.05, 4.69) is 4.85 Å². The van der Waals surface area contributed by atoms with Crippen molar-refractivity contribution in [3.8, 4) is 0 Å². The minimum Gasteiger partial charge on any atom is -0.305 e. The minimum absolute atomic E-state index is 0.370. The predicted molar refractivity (Wildman–Crippen MR) is 72.4 cm³/mol. The van der Waals surface area contributed by atoms with Crippen LogP contribution in [0.2, 0.25) is 10.0 Å². The number of hydrogen-bond donors (Lipinski definition) is 0. The van der Waals surface area contributed by atoms with E-state index in [1.807, 2.05) is 12.1 Å². The quantitative estimate of drug-likeness (QED) is 0.470. The summed E-state index contributed by atoms with van der Waals surface area (Å²) in [5.74, 6) is 0. The molecule has 0 heterocycles. The molecule has 1 aromatic rings. The van der Waals surface area contributed by atoms with Gasteiger partial charge in [0.1, 0.15) is 0 Å². The molecule has 0 radical (unpaired) electrons. The van der Waals surface area contributed by atoms with Gasteiger partial charge in [0.05, 0.1) is 10.0 Å². The van der Waals surface area contributed by atoms with Crippen molar-refractivity contribution in [2.24, 2.45) is 0 Å². The van der Waals surface area contributed by atoms with Crippen molar-refractivity contribution in [2.75, 3.05) is 0 Å². The largest absolute Gasteiger partial charge is 0.305 e. The SMILES string of the molecule is [C-]#[N+]C1(c2ccc(Cl)c(Cl)c2)CCCCCC1. The molecule has 0 saturated heterocycles. The standard InChI is InChI=1S/C14H15Cl2N/c1-17-14(8-4-2-3-5-9-14)11-6-7-12(15)13(16)10-11/h6-7,10H,2-5,8-9H2. The third kappa shape index (κ3) is 2.59. The zero-order valence-corrected chi connectivity index (χ0v) is 11.2. The van der Waals surface area contributed by atoms with E-state index in [9.17, 15) is 0 Å². The fourth-order valence-corrected chi connectivity index (χ4v) is 2.86. The molecule has 3 heteroatoms. The van der Waals surface area contributed by atoms with Crippen molar-refractivity contribution in [3.63, 3.8) is 0 Å². The van der Waals surface area contributed by atoms with Gasteiger partial charge in [0, 0.05) is 18.4 Å².